The zero-order valence-electron chi connectivity index (χ0n) is 13.5. The molecule has 6 heteroatoms. The molecule has 1 saturated carbocycles. The Balaban J connectivity index is 1.90. The molecule has 0 unspecified atom stereocenters. The van der Waals surface area contributed by atoms with Gasteiger partial charge in [-0.25, -0.2) is 4.79 Å². The Morgan fingerprint density at radius 3 is 2.65 bits per heavy atom. The monoisotopic (exact) mass is 315 g/mol. The number of carbonyl (C=O) groups is 2. The number of rotatable bonds is 5. The fourth-order valence-corrected chi connectivity index (χ4v) is 2.67. The molecule has 0 saturated heterocycles. The number of ether oxygens (including phenoxy) is 1. The number of hydrogen-bond acceptors (Lipinski definition) is 5. The highest BCUT2D eigenvalue weighted by atomic mass is 16.5. The van der Waals surface area contributed by atoms with Crippen LogP contribution in [0, 0.1) is 11.3 Å². The maximum Gasteiger partial charge on any atom is 0.338 e. The van der Waals surface area contributed by atoms with E-state index in [2.05, 4.69) is 11.4 Å². The van der Waals surface area contributed by atoms with E-state index in [0.717, 1.165) is 18.5 Å². The van der Waals surface area contributed by atoms with Crippen molar-refractivity contribution in [2.24, 2.45) is 0 Å². The van der Waals surface area contributed by atoms with E-state index in [-0.39, 0.29) is 6.61 Å². The molecular weight excluding hydrogens is 294 g/mol. The largest absolute Gasteiger partial charge is 0.452 e. The SMILES string of the molecule is CN(C)c1cccc(C(=O)OCC(=O)NC2(C#N)CCCC2)c1. The summed E-state index contributed by atoms with van der Waals surface area (Å²) in [5, 5.41) is 11.9. The van der Waals surface area contributed by atoms with E-state index in [0.29, 0.717) is 18.4 Å². The third-order valence-corrected chi connectivity index (χ3v) is 3.98. The van der Waals surface area contributed by atoms with E-state index in [1.807, 2.05) is 25.1 Å². The van der Waals surface area contributed by atoms with Crippen LogP contribution in [0.4, 0.5) is 5.69 Å². The molecule has 0 aliphatic heterocycles. The Hall–Kier alpha value is -2.55. The van der Waals surface area contributed by atoms with E-state index in [9.17, 15) is 14.9 Å². The van der Waals surface area contributed by atoms with Crippen LogP contribution in [0.2, 0.25) is 0 Å². The normalized spacial score (nSPS) is 15.5. The zero-order valence-corrected chi connectivity index (χ0v) is 13.5. The van der Waals surface area contributed by atoms with Gasteiger partial charge in [-0.15, -0.1) is 0 Å². The Morgan fingerprint density at radius 1 is 1.35 bits per heavy atom. The summed E-state index contributed by atoms with van der Waals surface area (Å²) in [6, 6.07) is 9.15. The van der Waals surface area contributed by atoms with Crippen LogP contribution in [0.25, 0.3) is 0 Å². The first kappa shape index (κ1) is 16.8. The number of anilines is 1. The smallest absolute Gasteiger partial charge is 0.338 e. The number of esters is 1. The summed E-state index contributed by atoms with van der Waals surface area (Å²) in [5.74, 6) is -0.994. The van der Waals surface area contributed by atoms with Gasteiger partial charge in [0, 0.05) is 19.8 Å². The number of nitrogens with one attached hydrogen (secondary N) is 1. The summed E-state index contributed by atoms with van der Waals surface area (Å²) < 4.78 is 5.05. The molecule has 1 aliphatic rings. The Bertz CT molecular complexity index is 628. The first-order chi connectivity index (χ1) is 11.0. The van der Waals surface area contributed by atoms with Gasteiger partial charge in [0.1, 0.15) is 5.54 Å². The number of nitrogens with zero attached hydrogens (tertiary/aromatic N) is 2. The molecule has 1 N–H and O–H groups in total. The van der Waals surface area contributed by atoms with Crippen molar-refractivity contribution in [3.63, 3.8) is 0 Å². The lowest BCUT2D eigenvalue weighted by atomic mass is 10.00. The van der Waals surface area contributed by atoms with Gasteiger partial charge >= 0.3 is 5.97 Å². The molecule has 2 rings (SSSR count). The second-order valence-electron chi connectivity index (χ2n) is 5.97. The average Bonchev–Trinajstić information content (AvgIpc) is 3.01. The zero-order chi connectivity index (χ0) is 16.9. The summed E-state index contributed by atoms with van der Waals surface area (Å²) in [4.78, 5) is 25.8. The molecule has 1 aliphatic carbocycles. The molecule has 1 aromatic carbocycles. The van der Waals surface area contributed by atoms with Crippen molar-refractivity contribution < 1.29 is 14.3 Å². The van der Waals surface area contributed by atoms with Crippen LogP contribution in [0.5, 0.6) is 0 Å². The molecule has 23 heavy (non-hydrogen) atoms. The second-order valence-corrected chi connectivity index (χ2v) is 5.97. The van der Waals surface area contributed by atoms with Gasteiger partial charge in [0.15, 0.2) is 6.61 Å². The fourth-order valence-electron chi connectivity index (χ4n) is 2.67. The Morgan fingerprint density at radius 2 is 2.04 bits per heavy atom. The summed E-state index contributed by atoms with van der Waals surface area (Å²) in [6.45, 7) is -0.381. The Labute approximate surface area is 136 Å². The molecule has 0 heterocycles. The van der Waals surface area contributed by atoms with Crippen molar-refractivity contribution in [2.45, 2.75) is 31.2 Å². The molecule has 0 aromatic heterocycles. The topological polar surface area (TPSA) is 82.4 Å². The van der Waals surface area contributed by atoms with Crippen molar-refractivity contribution in [1.82, 2.24) is 5.32 Å². The number of carbonyl (C=O) groups excluding carboxylic acids is 2. The molecule has 1 aromatic rings. The van der Waals surface area contributed by atoms with Crippen molar-refractivity contribution in [3.8, 4) is 6.07 Å². The summed E-state index contributed by atoms with van der Waals surface area (Å²) in [7, 11) is 3.75. The van der Waals surface area contributed by atoms with E-state index >= 15 is 0 Å². The first-order valence-electron chi connectivity index (χ1n) is 7.62. The highest BCUT2D eigenvalue weighted by molar-refractivity contribution is 5.92. The number of benzene rings is 1. The quantitative estimate of drug-likeness (QED) is 0.839. The lowest BCUT2D eigenvalue weighted by Gasteiger charge is -2.21. The van der Waals surface area contributed by atoms with Gasteiger partial charge in [0.25, 0.3) is 5.91 Å². The maximum absolute atomic E-state index is 12.0. The van der Waals surface area contributed by atoms with Gasteiger partial charge in [-0.3, -0.25) is 4.79 Å². The number of hydrogen-bond donors (Lipinski definition) is 1. The molecule has 0 radical (unpaired) electrons. The van der Waals surface area contributed by atoms with Crippen LogP contribution < -0.4 is 10.2 Å². The van der Waals surface area contributed by atoms with Gasteiger partial charge in [-0.05, 0) is 43.9 Å². The van der Waals surface area contributed by atoms with Crippen molar-refractivity contribution >= 4 is 17.6 Å². The van der Waals surface area contributed by atoms with Crippen LogP contribution in [-0.2, 0) is 9.53 Å². The minimum atomic E-state index is -0.797. The molecule has 0 atom stereocenters. The fraction of sp³-hybridized carbons (Fsp3) is 0.471. The third kappa shape index (κ3) is 4.22. The number of amides is 1. The van der Waals surface area contributed by atoms with Gasteiger partial charge in [-0.1, -0.05) is 6.07 Å². The van der Waals surface area contributed by atoms with Gasteiger partial charge in [-0.2, -0.15) is 5.26 Å². The predicted molar refractivity (Wildman–Crippen MR) is 86.0 cm³/mol. The van der Waals surface area contributed by atoms with E-state index in [4.69, 9.17) is 4.74 Å². The van der Waals surface area contributed by atoms with Crippen LogP contribution in [-0.4, -0.2) is 38.1 Å². The highest BCUT2D eigenvalue weighted by Gasteiger charge is 2.35. The van der Waals surface area contributed by atoms with E-state index in [1.165, 1.54) is 0 Å². The van der Waals surface area contributed by atoms with E-state index in [1.54, 1.807) is 18.2 Å². The lowest BCUT2D eigenvalue weighted by Crippen LogP contribution is -2.46. The maximum atomic E-state index is 12.0. The van der Waals surface area contributed by atoms with Crippen LogP contribution in [0.1, 0.15) is 36.0 Å². The molecule has 6 nitrogen and oxygen atoms in total. The van der Waals surface area contributed by atoms with Crippen molar-refractivity contribution in [1.29, 1.82) is 5.26 Å². The van der Waals surface area contributed by atoms with Crippen molar-refractivity contribution in [2.75, 3.05) is 25.6 Å². The van der Waals surface area contributed by atoms with Crippen LogP contribution in [0.3, 0.4) is 0 Å². The highest BCUT2D eigenvalue weighted by Crippen LogP contribution is 2.28. The third-order valence-electron chi connectivity index (χ3n) is 3.98. The number of nitriles is 1. The standard InChI is InChI=1S/C17H21N3O3/c1-20(2)14-7-5-6-13(10-14)16(22)23-11-15(21)19-17(12-18)8-3-4-9-17/h5-7,10H,3-4,8-9,11H2,1-2H3,(H,19,21). The molecule has 1 fully saturated rings. The van der Waals surface area contributed by atoms with Crippen LogP contribution >= 0.6 is 0 Å². The summed E-state index contributed by atoms with van der Waals surface area (Å²) >= 11 is 0. The average molecular weight is 315 g/mol. The van der Waals surface area contributed by atoms with Gasteiger partial charge in [0.2, 0.25) is 0 Å². The minimum Gasteiger partial charge on any atom is -0.452 e. The molecule has 122 valence electrons. The summed E-state index contributed by atoms with van der Waals surface area (Å²) in [6.07, 6.45) is 3.14. The predicted octanol–water partition coefficient (Wildman–Crippen LogP) is 1.86. The lowest BCUT2D eigenvalue weighted by molar-refractivity contribution is -0.125. The molecule has 0 bridgehead atoms. The van der Waals surface area contributed by atoms with Crippen molar-refractivity contribution in [3.05, 3.63) is 29.8 Å². The molecular formula is C17H21N3O3. The van der Waals surface area contributed by atoms with Gasteiger partial charge < -0.3 is 15.0 Å². The minimum absolute atomic E-state index is 0.381. The van der Waals surface area contributed by atoms with Crippen LogP contribution in [0.15, 0.2) is 24.3 Å². The van der Waals surface area contributed by atoms with E-state index < -0.39 is 17.4 Å². The summed E-state index contributed by atoms with van der Waals surface area (Å²) in [5.41, 5.74) is 0.465. The molecule has 1 amide bonds. The first-order valence-corrected chi connectivity index (χ1v) is 7.62. The Kier molecular flexibility index (Phi) is 5.22. The van der Waals surface area contributed by atoms with Gasteiger partial charge in [0.05, 0.1) is 11.6 Å². The molecule has 0 spiro atoms. The second kappa shape index (κ2) is 7.14.